The molecule has 39 heavy (non-hydrogen) atoms. The summed E-state index contributed by atoms with van der Waals surface area (Å²) in [6.45, 7) is 3.56. The van der Waals surface area contributed by atoms with Gasteiger partial charge in [-0.25, -0.2) is 18.3 Å². The molecular formula is C25H29F6NO6S. The van der Waals surface area contributed by atoms with E-state index in [2.05, 4.69) is 0 Å². The number of carbonyl (C=O) groups excluding carboxylic acids is 3. The van der Waals surface area contributed by atoms with Crippen molar-refractivity contribution in [2.24, 2.45) is 5.41 Å². The molecule has 0 saturated heterocycles. The Labute approximate surface area is 221 Å². The van der Waals surface area contributed by atoms with E-state index in [9.17, 15) is 49.1 Å². The summed E-state index contributed by atoms with van der Waals surface area (Å²) in [7, 11) is -6.70. The molecule has 14 heteroatoms. The Bertz CT molecular complexity index is 1180. The number of carbonyl (C=O) groups is 3. The summed E-state index contributed by atoms with van der Waals surface area (Å²) in [5, 5.41) is -6.37. The molecule has 2 fully saturated rings. The zero-order chi connectivity index (χ0) is 29.4. The predicted molar refractivity (Wildman–Crippen MR) is 127 cm³/mol. The highest BCUT2D eigenvalue weighted by Gasteiger charge is 2.71. The van der Waals surface area contributed by atoms with Gasteiger partial charge in [0.15, 0.2) is 5.78 Å². The summed E-state index contributed by atoms with van der Waals surface area (Å²) in [6, 6.07) is 2.69. The minimum atomic E-state index is -6.70. The highest BCUT2D eigenvalue weighted by Crippen LogP contribution is 2.43. The van der Waals surface area contributed by atoms with E-state index in [1.54, 1.807) is 6.92 Å². The van der Waals surface area contributed by atoms with Crippen molar-refractivity contribution in [2.45, 2.75) is 94.8 Å². The molecule has 1 aromatic rings. The van der Waals surface area contributed by atoms with Crippen LogP contribution in [0.4, 0.5) is 26.3 Å². The molecule has 0 bridgehead atoms. The number of benzene rings is 1. The van der Waals surface area contributed by atoms with E-state index in [1.165, 1.54) is 0 Å². The quantitative estimate of drug-likeness (QED) is 0.209. The van der Waals surface area contributed by atoms with Gasteiger partial charge in [0.2, 0.25) is 0 Å². The number of amides is 1. The fourth-order valence-electron chi connectivity index (χ4n) is 4.99. The van der Waals surface area contributed by atoms with E-state index >= 15 is 0 Å². The van der Waals surface area contributed by atoms with Crippen molar-refractivity contribution in [1.29, 1.82) is 0 Å². The molecule has 0 aromatic heterocycles. The maximum absolute atomic E-state index is 13.9. The monoisotopic (exact) mass is 585 g/mol. The fraction of sp³-hybridized carbons (Fsp3) is 0.640. The smallest absolute Gasteiger partial charge is 0.431 e. The number of hydrogen-bond acceptors (Lipinski definition) is 6. The molecule has 1 aromatic carbocycles. The molecule has 7 nitrogen and oxygen atoms in total. The molecule has 2 saturated carbocycles. The normalized spacial score (nSPS) is 19.2. The summed E-state index contributed by atoms with van der Waals surface area (Å²) in [6.07, 6.45) is 0.819. The van der Waals surface area contributed by atoms with Crippen LogP contribution in [0.1, 0.15) is 103 Å². The van der Waals surface area contributed by atoms with E-state index in [0.29, 0.717) is 17.6 Å². The minimum Gasteiger partial charge on any atom is -0.456 e. The molecule has 0 unspecified atom stereocenters. The van der Waals surface area contributed by atoms with Crippen LogP contribution in [-0.2, 0) is 14.8 Å². The number of sulfonamides is 1. The third kappa shape index (κ3) is 6.41. The molecule has 0 spiro atoms. The van der Waals surface area contributed by atoms with Crippen LogP contribution in [0.2, 0.25) is 0 Å². The molecule has 218 valence electrons. The van der Waals surface area contributed by atoms with Gasteiger partial charge in [0, 0.05) is 17.5 Å². The van der Waals surface area contributed by atoms with Gasteiger partial charge in [-0.1, -0.05) is 19.8 Å². The average molecular weight is 586 g/mol. The summed E-state index contributed by atoms with van der Waals surface area (Å²) < 4.78 is 109. The molecule has 1 N–H and O–H groups in total. The number of hydrogen-bond donors (Lipinski definition) is 1. The van der Waals surface area contributed by atoms with Crippen LogP contribution in [0.15, 0.2) is 18.2 Å². The van der Waals surface area contributed by atoms with E-state index in [-0.39, 0.29) is 23.0 Å². The molecule has 0 radical (unpaired) electrons. The van der Waals surface area contributed by atoms with Crippen molar-refractivity contribution in [3.8, 4) is 0 Å². The highest BCUT2D eigenvalue weighted by atomic mass is 32.2. The van der Waals surface area contributed by atoms with Crippen LogP contribution in [0.3, 0.4) is 0 Å². The maximum Gasteiger partial charge on any atom is 0.431 e. The molecule has 0 atom stereocenters. The summed E-state index contributed by atoms with van der Waals surface area (Å²) >= 11 is 0. The second-order valence-electron chi connectivity index (χ2n) is 10.8. The van der Waals surface area contributed by atoms with Gasteiger partial charge < -0.3 is 4.74 Å². The zero-order valence-electron chi connectivity index (χ0n) is 21.3. The number of Topliss-reactive ketones (excluding diaryl/α,β-unsaturated/α-hetero) is 1. The average Bonchev–Trinajstić information content (AvgIpc) is 3.46. The number of ketones is 1. The Kier molecular flexibility index (Phi) is 8.50. The van der Waals surface area contributed by atoms with E-state index in [0.717, 1.165) is 56.7 Å². The molecule has 3 rings (SSSR count). The van der Waals surface area contributed by atoms with Crippen LogP contribution < -0.4 is 4.72 Å². The standard InChI is InChI=1S/C25H29F6NO6S/c1-22(7-3-4-8-22)14-18(33)15-11-16(13-17(12-15)20(35)38-23(2)9-5-6-10-23)19(34)32-39(36,37)25(30,31)24(28,29)21(26)27/h11-13,21H,3-10,14H2,1-2H3,(H,32,34). The Hall–Kier alpha value is -2.64. The molecule has 1 amide bonds. The minimum absolute atomic E-state index is 0.00125. The molecular weight excluding hydrogens is 556 g/mol. The lowest BCUT2D eigenvalue weighted by atomic mass is 9.82. The van der Waals surface area contributed by atoms with Gasteiger partial charge in [-0.15, -0.1) is 0 Å². The van der Waals surface area contributed by atoms with Crippen molar-refractivity contribution in [3.63, 3.8) is 0 Å². The van der Waals surface area contributed by atoms with Gasteiger partial charge in [-0.2, -0.15) is 26.0 Å². The molecule has 2 aliphatic rings. The number of rotatable bonds is 10. The highest BCUT2D eigenvalue weighted by molar-refractivity contribution is 7.91. The van der Waals surface area contributed by atoms with Crippen molar-refractivity contribution in [1.82, 2.24) is 4.72 Å². The number of halogens is 6. The largest absolute Gasteiger partial charge is 0.456 e. The van der Waals surface area contributed by atoms with Crippen LogP contribution in [0.25, 0.3) is 0 Å². The van der Waals surface area contributed by atoms with Gasteiger partial charge in [-0.05, 0) is 69.1 Å². The SMILES string of the molecule is CC1(CC(=O)c2cc(C(=O)NS(=O)(=O)C(F)(F)C(F)(F)C(F)F)cc(C(=O)OC3(C)CCCC3)c2)CCCC1. The van der Waals surface area contributed by atoms with Gasteiger partial charge in [0.25, 0.3) is 5.91 Å². The van der Waals surface area contributed by atoms with Crippen LogP contribution in [0.5, 0.6) is 0 Å². The van der Waals surface area contributed by atoms with Crippen LogP contribution in [0, 0.1) is 5.41 Å². The lowest BCUT2D eigenvalue weighted by Crippen LogP contribution is -2.56. The van der Waals surface area contributed by atoms with E-state index in [1.807, 2.05) is 6.92 Å². The second-order valence-corrected chi connectivity index (χ2v) is 12.6. The third-order valence-corrected chi connectivity index (χ3v) is 8.78. The van der Waals surface area contributed by atoms with E-state index < -0.39 is 56.5 Å². The first kappa shape index (κ1) is 30.9. The Morgan fingerprint density at radius 1 is 0.897 bits per heavy atom. The zero-order valence-corrected chi connectivity index (χ0v) is 22.1. The summed E-state index contributed by atoms with van der Waals surface area (Å²) in [5.41, 5.74) is -2.65. The summed E-state index contributed by atoms with van der Waals surface area (Å²) in [4.78, 5) is 38.7. The number of ether oxygens (including phenoxy) is 1. The second kappa shape index (κ2) is 10.7. The Morgan fingerprint density at radius 3 is 1.92 bits per heavy atom. The first-order chi connectivity index (χ1) is 17.8. The first-order valence-electron chi connectivity index (χ1n) is 12.3. The Morgan fingerprint density at radius 2 is 1.38 bits per heavy atom. The first-order valence-corrected chi connectivity index (χ1v) is 13.8. The Balaban J connectivity index is 1.97. The lowest BCUT2D eigenvalue weighted by Gasteiger charge is -2.25. The van der Waals surface area contributed by atoms with Gasteiger partial charge in [0.1, 0.15) is 5.60 Å². The number of esters is 1. The van der Waals surface area contributed by atoms with Crippen LogP contribution in [-0.4, -0.2) is 49.3 Å². The van der Waals surface area contributed by atoms with Crippen molar-refractivity contribution in [3.05, 3.63) is 34.9 Å². The van der Waals surface area contributed by atoms with Crippen molar-refractivity contribution < 1.29 is 53.9 Å². The van der Waals surface area contributed by atoms with Crippen LogP contribution >= 0.6 is 0 Å². The number of nitrogens with one attached hydrogen (secondary N) is 1. The lowest BCUT2D eigenvalue weighted by molar-refractivity contribution is -0.225. The third-order valence-electron chi connectivity index (χ3n) is 7.38. The van der Waals surface area contributed by atoms with Crippen molar-refractivity contribution in [2.75, 3.05) is 0 Å². The molecule has 2 aliphatic carbocycles. The van der Waals surface area contributed by atoms with Gasteiger partial charge in [-0.3, -0.25) is 9.59 Å². The van der Waals surface area contributed by atoms with Gasteiger partial charge in [0.05, 0.1) is 5.56 Å². The number of alkyl halides is 6. The maximum atomic E-state index is 13.9. The topological polar surface area (TPSA) is 107 Å². The van der Waals surface area contributed by atoms with Gasteiger partial charge >= 0.3 is 33.6 Å². The van der Waals surface area contributed by atoms with E-state index in [4.69, 9.17) is 4.74 Å². The molecule has 0 aliphatic heterocycles. The predicted octanol–water partition coefficient (Wildman–Crippen LogP) is 5.88. The summed E-state index contributed by atoms with van der Waals surface area (Å²) in [5.74, 6) is -9.76. The molecule has 0 heterocycles. The fourth-order valence-corrected chi connectivity index (χ4v) is 5.93. The van der Waals surface area contributed by atoms with Crippen molar-refractivity contribution >= 4 is 27.7 Å².